The Kier molecular flexibility index (Phi) is 17.9. The van der Waals surface area contributed by atoms with Gasteiger partial charge in [0, 0.05) is 93.5 Å². The molecular weight excluding hydrogens is 604 g/mol. The van der Waals surface area contributed by atoms with Gasteiger partial charge in [-0.05, 0) is 0 Å². The predicted octanol–water partition coefficient (Wildman–Crippen LogP) is 5.95. The molecule has 1 unspecified atom stereocenters. The van der Waals surface area contributed by atoms with Gasteiger partial charge in [0.2, 0.25) is 7.58 Å². The first-order valence-electron chi connectivity index (χ1n) is 10.3. The maximum absolute atomic E-state index is 14.8. The monoisotopic (exact) mass is 633 g/mol. The second kappa shape index (κ2) is 17.7. The molecule has 1 rings (SSSR count). The largest absolute Gasteiger partial charge is 0.332 e. The summed E-state index contributed by atoms with van der Waals surface area (Å²) in [5, 5.41) is 0. The van der Waals surface area contributed by atoms with Crippen LogP contribution in [0.5, 0.6) is 0 Å². The minimum Gasteiger partial charge on any atom is -0.319 e. The van der Waals surface area contributed by atoms with E-state index in [0.717, 1.165) is 0 Å². The van der Waals surface area contributed by atoms with E-state index in [-0.39, 0.29) is 23.5 Å². The molecule has 1 atom stereocenters. The Morgan fingerprint density at radius 3 is 1.56 bits per heavy atom. The average molecular weight is 637 g/mol. The third kappa shape index (κ3) is 8.70. The first-order chi connectivity index (χ1) is 15.4. The number of hydrogen-bond donors (Lipinski definition) is 0. The summed E-state index contributed by atoms with van der Waals surface area (Å²) in [4.78, 5) is 0. The van der Waals surface area contributed by atoms with Gasteiger partial charge in [0.1, 0.15) is 0 Å². The fourth-order valence-corrected chi connectivity index (χ4v) is 13.1. The summed E-state index contributed by atoms with van der Waals surface area (Å²) in [7, 11) is -6.54. The second-order valence-corrected chi connectivity index (χ2v) is 14.5. The van der Waals surface area contributed by atoms with Crippen molar-refractivity contribution in [2.75, 3.05) is 100 Å². The Labute approximate surface area is 227 Å². The molecule has 0 radical (unpaired) electrons. The van der Waals surface area contributed by atoms with Gasteiger partial charge in [-0.15, -0.1) is 81.2 Å². The van der Waals surface area contributed by atoms with Crippen LogP contribution in [-0.2, 0) is 9.09 Å². The Balaban J connectivity index is 3.81. The number of nitrogens with zero attached hydrogens (tertiary/aromatic N) is 5. The molecule has 7 nitrogen and oxygen atoms in total. The van der Waals surface area contributed by atoms with Crippen LogP contribution < -0.4 is 0 Å². The molecule has 1 heterocycles. The van der Waals surface area contributed by atoms with Gasteiger partial charge in [0.15, 0.2) is 0 Å². The molecule has 0 aliphatic carbocycles. The molecule has 1 fully saturated rings. The Bertz CT molecular complexity index is 587. The van der Waals surface area contributed by atoms with Crippen molar-refractivity contribution < 1.29 is 9.09 Å². The minimum absolute atomic E-state index is 0.261. The van der Waals surface area contributed by atoms with E-state index in [0.29, 0.717) is 76.6 Å². The van der Waals surface area contributed by atoms with Crippen molar-refractivity contribution in [2.24, 2.45) is 4.52 Å². The summed E-state index contributed by atoms with van der Waals surface area (Å²) in [6, 6.07) is 0. The number of alkyl halides is 7. The van der Waals surface area contributed by atoms with Gasteiger partial charge in [-0.25, -0.2) is 18.7 Å². The van der Waals surface area contributed by atoms with E-state index in [9.17, 15) is 4.57 Å². The van der Waals surface area contributed by atoms with Gasteiger partial charge >= 0.3 is 7.59 Å². The van der Waals surface area contributed by atoms with Gasteiger partial charge in [-0.3, -0.25) is 4.57 Å². The van der Waals surface area contributed by atoms with Gasteiger partial charge in [-0.1, -0.05) is 0 Å². The molecule has 0 spiro atoms. The molecule has 0 bridgehead atoms. The van der Waals surface area contributed by atoms with Crippen molar-refractivity contribution in [3.63, 3.8) is 0 Å². The SMILES string of the molecule is O=P(N=P1(N(CCCl)CCCl)OCCN1CCCl)(N(CCCl)CCCl)N(CCCl)CCCl. The lowest BCUT2D eigenvalue weighted by Gasteiger charge is -2.41. The lowest BCUT2D eigenvalue weighted by molar-refractivity contribution is 0.337. The number of halogens is 7. The molecular formula is C16H32Cl7N5O2P2. The summed E-state index contributed by atoms with van der Waals surface area (Å²) in [5.41, 5.74) is 0. The lowest BCUT2D eigenvalue weighted by Crippen LogP contribution is -2.37. The third-order valence-electron chi connectivity index (χ3n) is 4.72. The van der Waals surface area contributed by atoms with Crippen molar-refractivity contribution >= 4 is 96.4 Å². The Morgan fingerprint density at radius 2 is 1.19 bits per heavy atom. The Morgan fingerprint density at radius 1 is 0.750 bits per heavy atom. The quantitative estimate of drug-likeness (QED) is 0.137. The third-order valence-corrected chi connectivity index (χ3v) is 12.8. The van der Waals surface area contributed by atoms with Gasteiger partial charge in [0.25, 0.3) is 0 Å². The zero-order chi connectivity index (χ0) is 24.0. The Hall–Kier alpha value is 2.29. The average Bonchev–Trinajstić information content (AvgIpc) is 3.16. The normalized spacial score (nSPS) is 20.2. The molecule has 0 saturated carbocycles. The first kappa shape index (κ1) is 32.3. The van der Waals surface area contributed by atoms with E-state index in [2.05, 4.69) is 4.67 Å². The molecule has 1 saturated heterocycles. The smallest absolute Gasteiger partial charge is 0.319 e. The van der Waals surface area contributed by atoms with Crippen molar-refractivity contribution in [1.29, 1.82) is 0 Å². The van der Waals surface area contributed by atoms with Gasteiger partial charge < -0.3 is 4.52 Å². The van der Waals surface area contributed by atoms with E-state index in [1.165, 1.54) is 0 Å². The van der Waals surface area contributed by atoms with E-state index in [4.69, 9.17) is 90.2 Å². The van der Waals surface area contributed by atoms with E-state index in [1.807, 2.05) is 4.67 Å². The predicted molar refractivity (Wildman–Crippen MR) is 144 cm³/mol. The minimum atomic E-state index is -3.62. The summed E-state index contributed by atoms with van der Waals surface area (Å²) in [6.07, 6.45) is 0. The summed E-state index contributed by atoms with van der Waals surface area (Å²) in [5.74, 6) is 2.11. The maximum Gasteiger partial charge on any atom is 0.332 e. The highest BCUT2D eigenvalue weighted by atomic mass is 35.5. The van der Waals surface area contributed by atoms with Gasteiger partial charge in [0.05, 0.1) is 6.61 Å². The summed E-state index contributed by atoms with van der Waals surface area (Å²) < 4.78 is 33.8. The molecule has 0 aromatic carbocycles. The van der Waals surface area contributed by atoms with E-state index in [1.54, 1.807) is 9.34 Å². The fourth-order valence-electron chi connectivity index (χ4n) is 3.37. The van der Waals surface area contributed by atoms with Crippen LogP contribution in [-0.4, -0.2) is 119 Å². The van der Waals surface area contributed by atoms with Gasteiger partial charge in [-0.2, -0.15) is 4.52 Å². The molecule has 16 heteroatoms. The first-order valence-corrected chi connectivity index (χ1v) is 17.1. The van der Waals surface area contributed by atoms with Crippen molar-refractivity contribution in [3.05, 3.63) is 0 Å². The summed E-state index contributed by atoms with van der Waals surface area (Å²) >= 11 is 42.7. The highest BCUT2D eigenvalue weighted by molar-refractivity contribution is 7.69. The lowest BCUT2D eigenvalue weighted by atomic mass is 10.6. The van der Waals surface area contributed by atoms with E-state index < -0.39 is 15.2 Å². The molecule has 0 amide bonds. The van der Waals surface area contributed by atoms with Crippen LogP contribution in [0.4, 0.5) is 0 Å². The molecule has 192 valence electrons. The number of rotatable bonds is 18. The fraction of sp³-hybridized carbons (Fsp3) is 1.00. The molecule has 0 N–H and O–H groups in total. The van der Waals surface area contributed by atoms with Crippen LogP contribution in [0.25, 0.3) is 0 Å². The van der Waals surface area contributed by atoms with Crippen molar-refractivity contribution in [1.82, 2.24) is 18.7 Å². The van der Waals surface area contributed by atoms with E-state index >= 15 is 0 Å². The second-order valence-electron chi connectivity index (χ2n) is 6.59. The molecule has 1 aliphatic heterocycles. The highest BCUT2D eigenvalue weighted by Gasteiger charge is 2.46. The van der Waals surface area contributed by atoms with Crippen LogP contribution in [0.1, 0.15) is 0 Å². The van der Waals surface area contributed by atoms with Crippen LogP contribution in [0.2, 0.25) is 0 Å². The number of hydrogen-bond acceptors (Lipinski definition) is 2. The standard InChI is InChI=1S/C16H32Cl7N5O2P2/c17-1-8-25(9-2-18)31(29,26(10-3-19)11-4-20)24-32(27(12-5-21)13-6-22)28(14-7-23)15-16-30-32/h1-16H2. The van der Waals surface area contributed by atoms with Crippen LogP contribution >= 0.6 is 96.4 Å². The molecule has 1 aliphatic rings. The maximum atomic E-state index is 14.8. The molecule has 32 heavy (non-hydrogen) atoms. The summed E-state index contributed by atoms with van der Waals surface area (Å²) in [6.45, 7) is 3.84. The molecule has 0 aromatic rings. The van der Waals surface area contributed by atoms with Crippen molar-refractivity contribution in [3.8, 4) is 0 Å². The molecule has 0 aromatic heterocycles. The topological polar surface area (TPSA) is 51.6 Å². The van der Waals surface area contributed by atoms with Crippen LogP contribution in [0.15, 0.2) is 4.52 Å². The van der Waals surface area contributed by atoms with Crippen LogP contribution in [0.3, 0.4) is 0 Å². The zero-order valence-electron chi connectivity index (χ0n) is 17.9. The van der Waals surface area contributed by atoms with Crippen LogP contribution in [0, 0.1) is 0 Å². The zero-order valence-corrected chi connectivity index (χ0v) is 25.0. The van der Waals surface area contributed by atoms with Crippen molar-refractivity contribution in [2.45, 2.75) is 0 Å². The highest BCUT2D eigenvalue weighted by Crippen LogP contribution is 2.70.